The third-order valence-corrected chi connectivity index (χ3v) is 12.8. The van der Waals surface area contributed by atoms with E-state index in [1.165, 1.54) is 0 Å². The smallest absolute Gasteiger partial charge is 0.306 e. The summed E-state index contributed by atoms with van der Waals surface area (Å²) in [6.07, 6.45) is 105. The Morgan fingerprint density at radius 2 is 0.446 bits per heavy atom. The zero-order valence-corrected chi connectivity index (χ0v) is 52.6. The first-order chi connectivity index (χ1) is 41.0. The Labute approximate surface area is 509 Å². The van der Waals surface area contributed by atoms with E-state index >= 15 is 0 Å². The molecule has 0 spiro atoms. The molecule has 0 bridgehead atoms. The van der Waals surface area contributed by atoms with E-state index < -0.39 is 6.10 Å². The zero-order chi connectivity index (χ0) is 59.9. The molecule has 0 aliphatic heterocycles. The minimum absolute atomic E-state index is 0.128. The number of rotatable bonds is 56. The van der Waals surface area contributed by atoms with Crippen LogP contribution >= 0.6 is 0 Å². The van der Waals surface area contributed by atoms with Crippen molar-refractivity contribution < 1.29 is 28.6 Å². The van der Waals surface area contributed by atoms with E-state index in [0.29, 0.717) is 19.3 Å². The van der Waals surface area contributed by atoms with Gasteiger partial charge in [0, 0.05) is 19.3 Å². The van der Waals surface area contributed by atoms with Gasteiger partial charge in [-0.15, -0.1) is 0 Å². The van der Waals surface area contributed by atoms with Crippen LogP contribution in [0.25, 0.3) is 0 Å². The van der Waals surface area contributed by atoms with E-state index in [2.05, 4.69) is 227 Å². The summed E-state index contributed by atoms with van der Waals surface area (Å²) in [5.41, 5.74) is 0. The highest BCUT2D eigenvalue weighted by molar-refractivity contribution is 5.71. The molecule has 83 heavy (non-hydrogen) atoms. The summed E-state index contributed by atoms with van der Waals surface area (Å²) in [4.78, 5) is 38.4. The molecule has 0 saturated carbocycles. The summed E-state index contributed by atoms with van der Waals surface area (Å²) in [6.45, 7) is 6.20. The third-order valence-electron chi connectivity index (χ3n) is 12.8. The zero-order valence-electron chi connectivity index (χ0n) is 52.6. The topological polar surface area (TPSA) is 78.9 Å². The van der Waals surface area contributed by atoms with Crippen LogP contribution in [0.3, 0.4) is 0 Å². The predicted octanol–water partition coefficient (Wildman–Crippen LogP) is 22.8. The highest BCUT2D eigenvalue weighted by Gasteiger charge is 2.19. The van der Waals surface area contributed by atoms with Crippen LogP contribution in [0.5, 0.6) is 0 Å². The SMILES string of the molecule is CC/C=C\C/C=C\C/C=C\C/C=C\C/C=C\C/C=C\C/C=C\CCCCCCCC(=O)OCC(COC(=O)CCCCCCC/C=C\C/C=C\C/C=C\CC)OC(=O)CCC/C=C\C/C=C\C/C=C\C/C=C\C/C=C\C/C=C\C/C=C\CC. The molecule has 0 aromatic rings. The van der Waals surface area contributed by atoms with Gasteiger partial charge in [0.2, 0.25) is 0 Å². The number of carbonyl (C=O) groups is 3. The van der Waals surface area contributed by atoms with Crippen molar-refractivity contribution in [3.8, 4) is 0 Å². The minimum atomic E-state index is -0.840. The number of unbranched alkanes of at least 4 members (excludes halogenated alkanes) is 11. The van der Waals surface area contributed by atoms with Crippen molar-refractivity contribution in [1.82, 2.24) is 0 Å². The van der Waals surface area contributed by atoms with Gasteiger partial charge in [-0.25, -0.2) is 0 Å². The minimum Gasteiger partial charge on any atom is -0.462 e. The molecule has 0 rings (SSSR count). The Bertz CT molecular complexity index is 2030. The molecule has 0 aliphatic carbocycles. The van der Waals surface area contributed by atoms with Crippen molar-refractivity contribution in [3.63, 3.8) is 0 Å². The number of esters is 3. The van der Waals surface area contributed by atoms with E-state index in [1.54, 1.807) is 0 Å². The van der Waals surface area contributed by atoms with Crippen LogP contribution in [0.1, 0.15) is 239 Å². The molecule has 0 heterocycles. The van der Waals surface area contributed by atoms with Gasteiger partial charge in [0.25, 0.3) is 0 Å². The maximum Gasteiger partial charge on any atom is 0.306 e. The van der Waals surface area contributed by atoms with Crippen LogP contribution in [0.2, 0.25) is 0 Å². The third kappa shape index (κ3) is 66.7. The van der Waals surface area contributed by atoms with E-state index in [4.69, 9.17) is 14.2 Å². The second kappa shape index (κ2) is 68.5. The molecule has 6 heteroatoms. The normalized spacial score (nSPS) is 13.5. The summed E-state index contributed by atoms with van der Waals surface area (Å²) in [5.74, 6) is -1.03. The summed E-state index contributed by atoms with van der Waals surface area (Å²) in [6, 6.07) is 0. The first kappa shape index (κ1) is 77.0. The van der Waals surface area contributed by atoms with Crippen molar-refractivity contribution in [3.05, 3.63) is 207 Å². The maximum atomic E-state index is 12.9. The number of hydrogen-bond acceptors (Lipinski definition) is 6. The average molecular weight is 1140 g/mol. The molecule has 6 nitrogen and oxygen atoms in total. The van der Waals surface area contributed by atoms with E-state index in [9.17, 15) is 14.4 Å². The molecule has 0 aromatic heterocycles. The van der Waals surface area contributed by atoms with E-state index in [0.717, 1.165) is 193 Å². The summed E-state index contributed by atoms with van der Waals surface area (Å²) >= 11 is 0. The first-order valence-corrected chi connectivity index (χ1v) is 32.6. The first-order valence-electron chi connectivity index (χ1n) is 32.6. The molecule has 460 valence electrons. The van der Waals surface area contributed by atoms with Gasteiger partial charge in [-0.1, -0.05) is 266 Å². The molecular formula is C77H116O6. The molecule has 0 amide bonds. The van der Waals surface area contributed by atoms with Crippen molar-refractivity contribution in [1.29, 1.82) is 0 Å². The van der Waals surface area contributed by atoms with E-state index in [-0.39, 0.29) is 37.5 Å². The van der Waals surface area contributed by atoms with Gasteiger partial charge in [0.1, 0.15) is 13.2 Å². The second-order valence-corrected chi connectivity index (χ2v) is 20.5. The molecule has 0 aliphatic rings. The van der Waals surface area contributed by atoms with Crippen molar-refractivity contribution >= 4 is 17.9 Å². The maximum absolute atomic E-state index is 12.9. The van der Waals surface area contributed by atoms with Gasteiger partial charge < -0.3 is 14.2 Å². The number of hydrogen-bond donors (Lipinski definition) is 0. The summed E-state index contributed by atoms with van der Waals surface area (Å²) < 4.78 is 16.8. The van der Waals surface area contributed by atoms with Crippen molar-refractivity contribution in [2.75, 3.05) is 13.2 Å². The number of ether oxygens (including phenoxy) is 3. The van der Waals surface area contributed by atoms with Crippen LogP contribution < -0.4 is 0 Å². The number of carbonyl (C=O) groups excluding carboxylic acids is 3. The van der Waals surface area contributed by atoms with E-state index in [1.807, 2.05) is 0 Å². The van der Waals surface area contributed by atoms with Crippen LogP contribution in [-0.4, -0.2) is 37.2 Å². The highest BCUT2D eigenvalue weighted by Crippen LogP contribution is 2.12. The lowest BCUT2D eigenvalue weighted by molar-refractivity contribution is -0.167. The van der Waals surface area contributed by atoms with Gasteiger partial charge in [0.15, 0.2) is 6.10 Å². The Balaban J connectivity index is 4.57. The molecule has 1 atom stereocenters. The van der Waals surface area contributed by atoms with Gasteiger partial charge in [0.05, 0.1) is 0 Å². The Kier molecular flexibility index (Phi) is 63.5. The molecular weight excluding hydrogens is 1020 g/mol. The standard InChI is InChI=1S/C77H116O6/c1-4-7-10-13-16-19-22-25-28-30-32-34-36-37-38-39-41-42-44-46-49-52-55-58-61-64-67-70-76(79)82-73-74(72-81-75(78)69-66-63-60-57-54-51-48-27-24-21-18-15-12-9-6-3)83-77(80)71-68-65-62-59-56-53-50-47-45-43-40-35-33-31-29-26-23-20-17-14-11-8-5-2/h7-12,16-21,25-29,32-35,37-38,41-43,45-46,48-50,53,59,62,74H,4-6,13-15,22-24,30-31,36,39-40,44,47,51-52,54-58,60-61,63-73H2,1-3H3/b10-7-,11-8-,12-9-,19-16-,20-17-,21-18-,28-25-,29-26-,34-32-,35-33-,38-37-,42-41-,45-43-,48-27-,49-46-,53-50-,62-59-. The van der Waals surface area contributed by atoms with Crippen molar-refractivity contribution in [2.45, 2.75) is 245 Å². The monoisotopic (exact) mass is 1140 g/mol. The Morgan fingerprint density at radius 3 is 0.711 bits per heavy atom. The Hall–Kier alpha value is -6.01. The van der Waals surface area contributed by atoms with Gasteiger partial charge in [-0.05, 0) is 161 Å². The summed E-state index contributed by atoms with van der Waals surface area (Å²) in [5, 5.41) is 0. The fourth-order valence-electron chi connectivity index (χ4n) is 8.01. The molecule has 0 fully saturated rings. The van der Waals surface area contributed by atoms with Crippen LogP contribution in [-0.2, 0) is 28.6 Å². The predicted molar refractivity (Wildman–Crippen MR) is 361 cm³/mol. The molecule has 0 saturated heterocycles. The van der Waals surface area contributed by atoms with Crippen LogP contribution in [0.15, 0.2) is 207 Å². The van der Waals surface area contributed by atoms with Crippen LogP contribution in [0.4, 0.5) is 0 Å². The fraction of sp³-hybridized carbons (Fsp3) is 0.519. The molecule has 0 N–H and O–H groups in total. The lowest BCUT2D eigenvalue weighted by atomic mass is 10.1. The fourth-order valence-corrected chi connectivity index (χ4v) is 8.01. The molecule has 1 unspecified atom stereocenters. The molecule has 0 aromatic carbocycles. The largest absolute Gasteiger partial charge is 0.462 e. The van der Waals surface area contributed by atoms with Crippen LogP contribution in [0, 0.1) is 0 Å². The van der Waals surface area contributed by atoms with Crippen molar-refractivity contribution in [2.24, 2.45) is 0 Å². The second-order valence-electron chi connectivity index (χ2n) is 20.5. The average Bonchev–Trinajstić information content (AvgIpc) is 3.49. The van der Waals surface area contributed by atoms with Gasteiger partial charge in [-0.2, -0.15) is 0 Å². The molecule has 0 radical (unpaired) electrons. The van der Waals surface area contributed by atoms with Gasteiger partial charge in [-0.3, -0.25) is 14.4 Å². The highest BCUT2D eigenvalue weighted by atomic mass is 16.6. The van der Waals surface area contributed by atoms with Gasteiger partial charge >= 0.3 is 17.9 Å². The number of allylic oxidation sites excluding steroid dienone is 34. The Morgan fingerprint density at radius 1 is 0.241 bits per heavy atom. The summed E-state index contributed by atoms with van der Waals surface area (Å²) in [7, 11) is 0. The lowest BCUT2D eigenvalue weighted by Crippen LogP contribution is -2.30. The lowest BCUT2D eigenvalue weighted by Gasteiger charge is -2.18. The quantitative estimate of drug-likeness (QED) is 0.0261.